The van der Waals surface area contributed by atoms with Crippen LogP contribution in [0, 0.1) is 24.1 Å². The largest absolute Gasteiger partial charge is 0.293 e. The van der Waals surface area contributed by atoms with Gasteiger partial charge < -0.3 is 0 Å². The van der Waals surface area contributed by atoms with Crippen LogP contribution in [-0.2, 0) is 0 Å². The summed E-state index contributed by atoms with van der Waals surface area (Å²) in [5, 5.41) is 8.80. The number of ketones is 1. The van der Waals surface area contributed by atoms with Crippen LogP contribution in [0.5, 0.6) is 0 Å². The number of hydrogen-bond donors (Lipinski definition) is 0. The molecular weight excluding hydrogens is 249 g/mol. The van der Waals surface area contributed by atoms with Gasteiger partial charge in [-0.25, -0.2) is 4.39 Å². The van der Waals surface area contributed by atoms with Crippen molar-refractivity contribution in [2.45, 2.75) is 6.92 Å². The molecule has 0 saturated carbocycles. The number of nitrogens with zero attached hydrogens (tertiary/aromatic N) is 1. The molecule has 0 aliphatic carbocycles. The quantitative estimate of drug-likeness (QED) is 0.602. The van der Waals surface area contributed by atoms with Crippen molar-refractivity contribution in [2.24, 2.45) is 0 Å². The summed E-state index contributed by atoms with van der Waals surface area (Å²) in [5.41, 5.74) is 0.617. The molecule has 0 N–H and O–H groups in total. The Balaban J connectivity index is 3.47. The highest BCUT2D eigenvalue weighted by molar-refractivity contribution is 9.09. The molecule has 72 valence electrons. The molecule has 0 aliphatic rings. The second-order valence-corrected chi connectivity index (χ2v) is 3.34. The summed E-state index contributed by atoms with van der Waals surface area (Å²) in [6.45, 7) is 1.68. The average molecular weight is 256 g/mol. The van der Waals surface area contributed by atoms with Crippen LogP contribution >= 0.6 is 15.9 Å². The van der Waals surface area contributed by atoms with Crippen LogP contribution < -0.4 is 0 Å². The first kappa shape index (κ1) is 10.9. The average Bonchev–Trinajstić information content (AvgIpc) is 2.19. The molecule has 0 amide bonds. The molecular formula is C10H7BrFNO. The molecule has 0 bridgehead atoms. The Bertz CT molecular complexity index is 423. The van der Waals surface area contributed by atoms with E-state index in [2.05, 4.69) is 15.9 Å². The molecule has 0 aliphatic heterocycles. The predicted octanol–water partition coefficient (Wildman–Crippen LogP) is 2.58. The van der Waals surface area contributed by atoms with Gasteiger partial charge in [0.25, 0.3) is 0 Å². The smallest absolute Gasteiger partial charge is 0.175 e. The molecule has 2 nitrogen and oxygen atoms in total. The summed E-state index contributed by atoms with van der Waals surface area (Å²) >= 11 is 2.99. The van der Waals surface area contributed by atoms with E-state index < -0.39 is 5.82 Å². The summed E-state index contributed by atoms with van der Waals surface area (Å²) < 4.78 is 13.1. The van der Waals surface area contributed by atoms with Crippen LogP contribution in [0.3, 0.4) is 0 Å². The van der Waals surface area contributed by atoms with Gasteiger partial charge in [-0.15, -0.1) is 0 Å². The molecule has 0 atom stereocenters. The van der Waals surface area contributed by atoms with Gasteiger partial charge in [-0.3, -0.25) is 4.79 Å². The van der Waals surface area contributed by atoms with Gasteiger partial charge in [0.05, 0.1) is 10.9 Å². The fraction of sp³-hybridized carbons (Fsp3) is 0.200. The van der Waals surface area contributed by atoms with Gasteiger partial charge in [0.2, 0.25) is 0 Å². The highest BCUT2D eigenvalue weighted by Crippen LogP contribution is 2.18. The fourth-order valence-corrected chi connectivity index (χ4v) is 1.50. The molecule has 0 aromatic heterocycles. The Morgan fingerprint density at radius 2 is 2.29 bits per heavy atom. The van der Waals surface area contributed by atoms with Gasteiger partial charge >= 0.3 is 0 Å². The van der Waals surface area contributed by atoms with Crippen LogP contribution in [0.2, 0.25) is 0 Å². The fourth-order valence-electron chi connectivity index (χ4n) is 1.22. The van der Waals surface area contributed by atoms with Gasteiger partial charge in [0.1, 0.15) is 11.9 Å². The van der Waals surface area contributed by atoms with Crippen LogP contribution in [0.25, 0.3) is 0 Å². The normalized spacial score (nSPS) is 9.57. The van der Waals surface area contributed by atoms with Crippen LogP contribution in [0.15, 0.2) is 12.1 Å². The number of halogens is 2. The zero-order valence-electron chi connectivity index (χ0n) is 7.47. The van der Waals surface area contributed by atoms with Gasteiger partial charge in [-0.05, 0) is 18.6 Å². The Morgan fingerprint density at radius 3 is 2.79 bits per heavy atom. The molecule has 0 fully saturated rings. The van der Waals surface area contributed by atoms with E-state index in [9.17, 15) is 9.18 Å². The van der Waals surface area contributed by atoms with Crippen LogP contribution in [-0.4, -0.2) is 11.1 Å². The van der Waals surface area contributed by atoms with E-state index in [0.717, 1.165) is 0 Å². The van der Waals surface area contributed by atoms with Gasteiger partial charge in [0.15, 0.2) is 5.78 Å². The molecule has 1 aromatic rings. The van der Waals surface area contributed by atoms with Gasteiger partial charge in [0, 0.05) is 5.56 Å². The van der Waals surface area contributed by atoms with E-state index >= 15 is 0 Å². The summed E-state index contributed by atoms with van der Waals surface area (Å²) in [5.74, 6) is -0.930. The lowest BCUT2D eigenvalue weighted by Crippen LogP contribution is -2.07. The van der Waals surface area contributed by atoms with Crippen LogP contribution in [0.1, 0.15) is 21.5 Å². The second-order valence-electron chi connectivity index (χ2n) is 2.78. The molecule has 4 heteroatoms. The van der Waals surface area contributed by atoms with Crippen molar-refractivity contribution in [1.82, 2.24) is 0 Å². The lowest BCUT2D eigenvalue weighted by Gasteiger charge is -2.05. The highest BCUT2D eigenvalue weighted by atomic mass is 79.9. The molecule has 14 heavy (non-hydrogen) atoms. The van der Waals surface area contributed by atoms with Crippen molar-refractivity contribution in [1.29, 1.82) is 5.26 Å². The van der Waals surface area contributed by atoms with Gasteiger partial charge in [-0.2, -0.15) is 5.26 Å². The zero-order chi connectivity index (χ0) is 10.7. The number of nitriles is 1. The molecule has 0 saturated heterocycles. The van der Waals surface area contributed by atoms with Crippen molar-refractivity contribution < 1.29 is 9.18 Å². The van der Waals surface area contributed by atoms with E-state index in [1.54, 1.807) is 13.0 Å². The minimum absolute atomic E-state index is 0.0893. The number of benzene rings is 1. The first-order chi connectivity index (χ1) is 6.61. The minimum atomic E-state index is -0.651. The number of hydrogen-bond acceptors (Lipinski definition) is 2. The molecule has 0 spiro atoms. The van der Waals surface area contributed by atoms with Crippen LogP contribution in [0.4, 0.5) is 4.39 Å². The molecule has 1 rings (SSSR count). The third-order valence-corrected chi connectivity index (χ3v) is 2.38. The first-order valence-electron chi connectivity index (χ1n) is 3.90. The van der Waals surface area contributed by atoms with Crippen molar-refractivity contribution in [2.75, 3.05) is 5.33 Å². The van der Waals surface area contributed by atoms with E-state index in [1.165, 1.54) is 12.1 Å². The van der Waals surface area contributed by atoms with E-state index in [4.69, 9.17) is 5.26 Å². The summed E-state index contributed by atoms with van der Waals surface area (Å²) in [6.07, 6.45) is 0. The molecule has 1 aromatic carbocycles. The third-order valence-electron chi connectivity index (χ3n) is 1.87. The highest BCUT2D eigenvalue weighted by Gasteiger charge is 2.16. The molecule has 0 unspecified atom stereocenters. The number of aryl methyl sites for hydroxylation is 1. The number of Topliss-reactive ketones (excluding diaryl/α,β-unsaturated/α-hetero) is 1. The second kappa shape index (κ2) is 4.34. The Kier molecular flexibility index (Phi) is 3.37. The number of carbonyl (C=O) groups is 1. The monoisotopic (exact) mass is 255 g/mol. The topological polar surface area (TPSA) is 40.9 Å². The maximum Gasteiger partial charge on any atom is 0.175 e. The summed E-state index contributed by atoms with van der Waals surface area (Å²) in [4.78, 5) is 11.4. The number of alkyl halides is 1. The molecule has 0 heterocycles. The molecule has 0 radical (unpaired) electrons. The maximum absolute atomic E-state index is 13.1. The van der Waals surface area contributed by atoms with Crippen molar-refractivity contribution in [3.63, 3.8) is 0 Å². The lowest BCUT2D eigenvalue weighted by atomic mass is 9.99. The van der Waals surface area contributed by atoms with E-state index in [0.29, 0.717) is 5.56 Å². The first-order valence-corrected chi connectivity index (χ1v) is 5.02. The Morgan fingerprint density at radius 1 is 1.64 bits per heavy atom. The van der Waals surface area contributed by atoms with E-state index in [-0.39, 0.29) is 22.2 Å². The van der Waals surface area contributed by atoms with Crippen molar-refractivity contribution in [3.8, 4) is 6.07 Å². The third kappa shape index (κ3) is 1.83. The van der Waals surface area contributed by atoms with E-state index in [1.807, 2.05) is 0 Å². The van der Waals surface area contributed by atoms with Crippen molar-refractivity contribution >= 4 is 21.7 Å². The minimum Gasteiger partial charge on any atom is -0.293 e. The summed E-state index contributed by atoms with van der Waals surface area (Å²) in [7, 11) is 0. The standard InChI is InChI=1S/C10H7BrFNO/c1-6-2-3-8(12)7(5-13)10(6)9(14)4-11/h2-3H,4H2,1H3. The number of carbonyl (C=O) groups excluding carboxylic acids is 1. The lowest BCUT2D eigenvalue weighted by molar-refractivity contribution is 0.102. The van der Waals surface area contributed by atoms with Crippen molar-refractivity contribution in [3.05, 3.63) is 34.6 Å². The summed E-state index contributed by atoms with van der Waals surface area (Å²) in [6, 6.07) is 4.39. The van der Waals surface area contributed by atoms with Gasteiger partial charge in [-0.1, -0.05) is 22.0 Å². The Hall–Kier alpha value is -1.21. The maximum atomic E-state index is 13.1. The SMILES string of the molecule is Cc1ccc(F)c(C#N)c1C(=O)CBr. The zero-order valence-corrected chi connectivity index (χ0v) is 9.06. The number of rotatable bonds is 2. The Labute approximate surface area is 89.5 Å². The predicted molar refractivity (Wildman–Crippen MR) is 54.0 cm³/mol.